The SMILES string of the molecule is CC(C)(CNCBr)c1ccc(Br)cc1. The molecule has 0 aliphatic carbocycles. The van der Waals surface area contributed by atoms with E-state index in [1.807, 2.05) is 0 Å². The van der Waals surface area contributed by atoms with E-state index in [2.05, 4.69) is 75.3 Å². The van der Waals surface area contributed by atoms with Gasteiger partial charge in [0.2, 0.25) is 0 Å². The van der Waals surface area contributed by atoms with Gasteiger partial charge in [-0.15, -0.1) is 0 Å². The molecule has 14 heavy (non-hydrogen) atoms. The third-order valence-corrected chi connectivity index (χ3v) is 3.21. The molecule has 0 aromatic heterocycles. The highest BCUT2D eigenvalue weighted by atomic mass is 79.9. The van der Waals surface area contributed by atoms with Crippen molar-refractivity contribution in [1.29, 1.82) is 0 Å². The maximum Gasteiger partial charge on any atom is 0.0517 e. The summed E-state index contributed by atoms with van der Waals surface area (Å²) in [6, 6.07) is 8.51. The summed E-state index contributed by atoms with van der Waals surface area (Å²) in [6.45, 7) is 5.46. The summed E-state index contributed by atoms with van der Waals surface area (Å²) in [4.78, 5) is 0. The molecule has 1 aromatic rings. The Morgan fingerprint density at radius 1 is 1.21 bits per heavy atom. The summed E-state index contributed by atoms with van der Waals surface area (Å²) in [5.74, 6) is 0. The Morgan fingerprint density at radius 3 is 2.29 bits per heavy atom. The van der Waals surface area contributed by atoms with Crippen molar-refractivity contribution < 1.29 is 0 Å². The van der Waals surface area contributed by atoms with Crippen LogP contribution < -0.4 is 5.32 Å². The Hall–Kier alpha value is 0.140. The molecule has 0 unspecified atom stereocenters. The minimum atomic E-state index is 0.175. The molecule has 1 rings (SSSR count). The largest absolute Gasteiger partial charge is 0.306 e. The van der Waals surface area contributed by atoms with Gasteiger partial charge in [-0.25, -0.2) is 0 Å². The molecule has 0 fully saturated rings. The summed E-state index contributed by atoms with van der Waals surface area (Å²) in [5.41, 5.74) is 2.37. The first-order chi connectivity index (χ1) is 6.56. The molecule has 0 bridgehead atoms. The summed E-state index contributed by atoms with van der Waals surface area (Å²) >= 11 is 6.81. The van der Waals surface area contributed by atoms with E-state index in [4.69, 9.17) is 0 Å². The molecule has 0 spiro atoms. The van der Waals surface area contributed by atoms with Gasteiger partial charge in [-0.2, -0.15) is 0 Å². The third-order valence-electron chi connectivity index (χ3n) is 2.29. The van der Waals surface area contributed by atoms with E-state index < -0.39 is 0 Å². The van der Waals surface area contributed by atoms with Crippen molar-refractivity contribution in [3.8, 4) is 0 Å². The minimum Gasteiger partial charge on any atom is -0.306 e. The van der Waals surface area contributed by atoms with Crippen LogP contribution in [0.25, 0.3) is 0 Å². The molecule has 1 nitrogen and oxygen atoms in total. The van der Waals surface area contributed by atoms with Crippen molar-refractivity contribution in [3.05, 3.63) is 34.3 Å². The second kappa shape index (κ2) is 5.29. The standard InChI is InChI=1S/C11H15Br2N/c1-11(2,7-14-8-12)9-3-5-10(13)6-4-9/h3-6,14H,7-8H2,1-2H3. The molecule has 0 aliphatic rings. The summed E-state index contributed by atoms with van der Waals surface area (Å²) in [5, 5.41) is 3.31. The first kappa shape index (κ1) is 12.2. The average Bonchev–Trinajstić information content (AvgIpc) is 2.16. The third kappa shape index (κ3) is 3.37. The summed E-state index contributed by atoms with van der Waals surface area (Å²) in [6.07, 6.45) is 0. The maximum atomic E-state index is 3.44. The number of nitrogens with one attached hydrogen (secondary N) is 1. The lowest BCUT2D eigenvalue weighted by Gasteiger charge is -2.25. The van der Waals surface area contributed by atoms with Gasteiger partial charge in [0.15, 0.2) is 0 Å². The molecule has 0 heterocycles. The van der Waals surface area contributed by atoms with Crippen molar-refractivity contribution in [3.63, 3.8) is 0 Å². The van der Waals surface area contributed by atoms with Crippen LogP contribution in [0.5, 0.6) is 0 Å². The van der Waals surface area contributed by atoms with Gasteiger partial charge in [-0.1, -0.05) is 57.8 Å². The number of benzene rings is 1. The van der Waals surface area contributed by atoms with Crippen LogP contribution in [0.1, 0.15) is 19.4 Å². The molecule has 0 radical (unpaired) electrons. The van der Waals surface area contributed by atoms with E-state index in [1.54, 1.807) is 0 Å². The van der Waals surface area contributed by atoms with Crippen molar-refractivity contribution >= 4 is 31.9 Å². The Balaban J connectivity index is 2.75. The highest BCUT2D eigenvalue weighted by molar-refractivity contribution is 9.10. The second-order valence-corrected chi connectivity index (χ2v) is 5.43. The van der Waals surface area contributed by atoms with Gasteiger partial charge in [0.1, 0.15) is 0 Å². The van der Waals surface area contributed by atoms with Crippen LogP contribution in [-0.4, -0.2) is 12.0 Å². The van der Waals surface area contributed by atoms with E-state index in [9.17, 15) is 0 Å². The Labute approximate surface area is 103 Å². The molecule has 1 N–H and O–H groups in total. The average molecular weight is 321 g/mol. The van der Waals surface area contributed by atoms with Gasteiger partial charge >= 0.3 is 0 Å². The molecule has 0 saturated carbocycles. The Kier molecular flexibility index (Phi) is 4.61. The van der Waals surface area contributed by atoms with E-state index in [0.29, 0.717) is 0 Å². The zero-order valence-electron chi connectivity index (χ0n) is 8.48. The van der Waals surface area contributed by atoms with Gasteiger partial charge in [-0.3, -0.25) is 0 Å². The molecule has 0 amide bonds. The van der Waals surface area contributed by atoms with E-state index in [1.165, 1.54) is 5.56 Å². The van der Waals surface area contributed by atoms with Gasteiger partial charge in [-0.05, 0) is 17.7 Å². The van der Waals surface area contributed by atoms with Gasteiger partial charge < -0.3 is 5.32 Å². The lowest BCUT2D eigenvalue weighted by molar-refractivity contribution is 0.491. The molecular weight excluding hydrogens is 306 g/mol. The Bertz CT molecular complexity index is 280. The highest BCUT2D eigenvalue weighted by Gasteiger charge is 2.19. The first-order valence-corrected chi connectivity index (χ1v) is 6.50. The topological polar surface area (TPSA) is 12.0 Å². The summed E-state index contributed by atoms with van der Waals surface area (Å²) < 4.78 is 1.13. The molecule has 0 aliphatic heterocycles. The highest BCUT2D eigenvalue weighted by Crippen LogP contribution is 2.23. The number of halogens is 2. The van der Waals surface area contributed by atoms with Crippen LogP contribution in [0, 0.1) is 0 Å². The number of hydrogen-bond acceptors (Lipinski definition) is 1. The minimum absolute atomic E-state index is 0.175. The predicted molar refractivity (Wildman–Crippen MR) is 69.0 cm³/mol. The summed E-state index contributed by atoms with van der Waals surface area (Å²) in [7, 11) is 0. The van der Waals surface area contributed by atoms with E-state index in [0.717, 1.165) is 16.5 Å². The fourth-order valence-electron chi connectivity index (χ4n) is 1.36. The lowest BCUT2D eigenvalue weighted by Crippen LogP contribution is -2.32. The van der Waals surface area contributed by atoms with Crippen LogP contribution in [0.3, 0.4) is 0 Å². The van der Waals surface area contributed by atoms with Gasteiger partial charge in [0, 0.05) is 16.4 Å². The molecule has 1 aromatic carbocycles. The number of rotatable bonds is 4. The fourth-order valence-corrected chi connectivity index (χ4v) is 1.83. The zero-order chi connectivity index (χ0) is 10.6. The predicted octanol–water partition coefficient (Wildman–Crippen LogP) is 3.67. The number of hydrogen-bond donors (Lipinski definition) is 1. The molecule has 0 saturated heterocycles. The van der Waals surface area contributed by atoms with Crippen LogP contribution >= 0.6 is 31.9 Å². The first-order valence-electron chi connectivity index (χ1n) is 4.59. The molecule has 3 heteroatoms. The normalized spacial score (nSPS) is 11.7. The van der Waals surface area contributed by atoms with Crippen LogP contribution in [0.2, 0.25) is 0 Å². The fraction of sp³-hybridized carbons (Fsp3) is 0.455. The lowest BCUT2D eigenvalue weighted by atomic mass is 9.85. The second-order valence-electron chi connectivity index (χ2n) is 3.95. The van der Waals surface area contributed by atoms with Crippen LogP contribution in [0.4, 0.5) is 0 Å². The molecular formula is C11H15Br2N. The quantitative estimate of drug-likeness (QED) is 0.659. The Morgan fingerprint density at radius 2 is 1.79 bits per heavy atom. The van der Waals surface area contributed by atoms with Gasteiger partial charge in [0.25, 0.3) is 0 Å². The van der Waals surface area contributed by atoms with E-state index in [-0.39, 0.29) is 5.41 Å². The molecule has 0 atom stereocenters. The smallest absolute Gasteiger partial charge is 0.0517 e. The van der Waals surface area contributed by atoms with Crippen molar-refractivity contribution in [2.45, 2.75) is 19.3 Å². The molecule has 78 valence electrons. The van der Waals surface area contributed by atoms with Crippen molar-refractivity contribution in [2.75, 3.05) is 12.0 Å². The number of alkyl halides is 1. The van der Waals surface area contributed by atoms with Crippen LogP contribution in [0.15, 0.2) is 28.7 Å². The van der Waals surface area contributed by atoms with Crippen molar-refractivity contribution in [1.82, 2.24) is 5.32 Å². The van der Waals surface area contributed by atoms with Crippen LogP contribution in [-0.2, 0) is 5.41 Å². The van der Waals surface area contributed by atoms with E-state index >= 15 is 0 Å². The van der Waals surface area contributed by atoms with Crippen molar-refractivity contribution in [2.24, 2.45) is 0 Å². The maximum absolute atomic E-state index is 3.44. The monoisotopic (exact) mass is 319 g/mol. The zero-order valence-corrected chi connectivity index (χ0v) is 11.7. The van der Waals surface area contributed by atoms with Gasteiger partial charge in [0.05, 0.1) is 5.45 Å².